The SMILES string of the molecule is CCOC(=O)c1ccc(Oc2c(C)oc3cc(O)ccc3c2=O)cc1. The fraction of sp³-hybridized carbons (Fsp3) is 0.158. The number of carbonyl (C=O) groups is 1. The summed E-state index contributed by atoms with van der Waals surface area (Å²) in [6, 6.07) is 10.5. The lowest BCUT2D eigenvalue weighted by Gasteiger charge is -2.09. The van der Waals surface area contributed by atoms with Gasteiger partial charge in [0.25, 0.3) is 0 Å². The molecule has 0 spiro atoms. The summed E-state index contributed by atoms with van der Waals surface area (Å²) in [5, 5.41) is 9.80. The van der Waals surface area contributed by atoms with Crippen LogP contribution < -0.4 is 10.2 Å². The Morgan fingerprint density at radius 2 is 1.88 bits per heavy atom. The highest BCUT2D eigenvalue weighted by molar-refractivity contribution is 5.89. The Morgan fingerprint density at radius 1 is 1.16 bits per heavy atom. The van der Waals surface area contributed by atoms with E-state index in [0.29, 0.717) is 23.3 Å². The number of fused-ring (bicyclic) bond motifs is 1. The van der Waals surface area contributed by atoms with Gasteiger partial charge in [0.05, 0.1) is 17.6 Å². The Morgan fingerprint density at radius 3 is 2.56 bits per heavy atom. The van der Waals surface area contributed by atoms with Gasteiger partial charge in [-0.2, -0.15) is 0 Å². The van der Waals surface area contributed by atoms with Crippen LogP contribution in [0.2, 0.25) is 0 Å². The van der Waals surface area contributed by atoms with E-state index in [1.807, 2.05) is 0 Å². The number of phenols is 1. The number of ether oxygens (including phenoxy) is 2. The number of esters is 1. The van der Waals surface area contributed by atoms with E-state index >= 15 is 0 Å². The minimum absolute atomic E-state index is 0.0123. The normalized spacial score (nSPS) is 10.6. The minimum Gasteiger partial charge on any atom is -0.508 e. The van der Waals surface area contributed by atoms with Crippen molar-refractivity contribution in [3.63, 3.8) is 0 Å². The minimum atomic E-state index is -0.421. The number of aryl methyl sites for hydroxylation is 1. The fourth-order valence-electron chi connectivity index (χ4n) is 2.39. The van der Waals surface area contributed by atoms with Crippen molar-refractivity contribution < 1.29 is 23.8 Å². The smallest absolute Gasteiger partial charge is 0.338 e. The molecular weight excluding hydrogens is 324 g/mol. The number of aromatic hydroxyl groups is 1. The maximum absolute atomic E-state index is 12.6. The second-order valence-corrected chi connectivity index (χ2v) is 5.34. The molecule has 0 saturated carbocycles. The van der Waals surface area contributed by atoms with Crippen LogP contribution in [0.3, 0.4) is 0 Å². The second-order valence-electron chi connectivity index (χ2n) is 5.34. The van der Waals surface area contributed by atoms with Crippen molar-refractivity contribution in [1.82, 2.24) is 0 Å². The van der Waals surface area contributed by atoms with Gasteiger partial charge in [-0.3, -0.25) is 4.79 Å². The van der Waals surface area contributed by atoms with Crippen LogP contribution in [0.15, 0.2) is 51.7 Å². The molecule has 128 valence electrons. The Kier molecular flexibility index (Phi) is 4.43. The standard InChI is InChI=1S/C19H16O6/c1-3-23-19(22)12-4-7-14(8-5-12)25-18-11(2)24-16-10-13(20)6-9-15(16)17(18)21/h4-10,20H,3H2,1-2H3. The first-order chi connectivity index (χ1) is 12.0. The monoisotopic (exact) mass is 340 g/mol. The predicted octanol–water partition coefficient (Wildman–Crippen LogP) is 3.78. The third-order valence-electron chi connectivity index (χ3n) is 3.58. The maximum atomic E-state index is 12.6. The van der Waals surface area contributed by atoms with Gasteiger partial charge in [0, 0.05) is 6.07 Å². The zero-order valence-electron chi connectivity index (χ0n) is 13.7. The molecule has 1 aromatic heterocycles. The van der Waals surface area contributed by atoms with Crippen molar-refractivity contribution in [2.45, 2.75) is 13.8 Å². The Labute approximate surface area is 143 Å². The molecule has 2 aromatic carbocycles. The molecule has 0 unspecified atom stereocenters. The molecule has 0 saturated heterocycles. The van der Waals surface area contributed by atoms with E-state index in [-0.39, 0.29) is 28.3 Å². The van der Waals surface area contributed by atoms with Crippen LogP contribution in [0.25, 0.3) is 11.0 Å². The van der Waals surface area contributed by atoms with Crippen molar-refractivity contribution in [1.29, 1.82) is 0 Å². The highest BCUT2D eigenvalue weighted by Crippen LogP contribution is 2.27. The number of hydrogen-bond acceptors (Lipinski definition) is 6. The molecule has 6 nitrogen and oxygen atoms in total. The number of hydrogen-bond donors (Lipinski definition) is 1. The summed E-state index contributed by atoms with van der Waals surface area (Å²) in [5.74, 6) is 0.328. The van der Waals surface area contributed by atoms with Gasteiger partial charge in [0.1, 0.15) is 22.8 Å². The van der Waals surface area contributed by atoms with Gasteiger partial charge in [-0.15, -0.1) is 0 Å². The number of benzene rings is 2. The van der Waals surface area contributed by atoms with Gasteiger partial charge in [0.15, 0.2) is 0 Å². The first kappa shape index (κ1) is 16.6. The summed E-state index contributed by atoms with van der Waals surface area (Å²) in [5.41, 5.74) is 0.340. The predicted molar refractivity (Wildman–Crippen MR) is 91.4 cm³/mol. The fourth-order valence-corrected chi connectivity index (χ4v) is 2.39. The average Bonchev–Trinajstić information content (AvgIpc) is 2.59. The average molecular weight is 340 g/mol. The highest BCUT2D eigenvalue weighted by atomic mass is 16.5. The van der Waals surface area contributed by atoms with Crippen LogP contribution in [0.5, 0.6) is 17.2 Å². The molecule has 0 atom stereocenters. The van der Waals surface area contributed by atoms with E-state index in [1.165, 1.54) is 18.2 Å². The largest absolute Gasteiger partial charge is 0.508 e. The lowest BCUT2D eigenvalue weighted by Crippen LogP contribution is -2.07. The van der Waals surface area contributed by atoms with E-state index in [0.717, 1.165) is 0 Å². The molecule has 0 fully saturated rings. The molecule has 0 amide bonds. The molecule has 6 heteroatoms. The zero-order chi connectivity index (χ0) is 18.0. The molecule has 1 N–H and O–H groups in total. The summed E-state index contributed by atoms with van der Waals surface area (Å²) >= 11 is 0. The van der Waals surface area contributed by atoms with Gasteiger partial charge in [-0.25, -0.2) is 4.79 Å². The molecule has 0 aliphatic heterocycles. The van der Waals surface area contributed by atoms with E-state index < -0.39 is 5.97 Å². The molecule has 0 aliphatic carbocycles. The molecule has 0 radical (unpaired) electrons. The summed E-state index contributed by atoms with van der Waals surface area (Å²) in [4.78, 5) is 24.2. The topological polar surface area (TPSA) is 86.0 Å². The van der Waals surface area contributed by atoms with E-state index in [1.54, 1.807) is 38.1 Å². The molecule has 3 rings (SSSR count). The van der Waals surface area contributed by atoms with Gasteiger partial charge < -0.3 is 19.0 Å². The van der Waals surface area contributed by atoms with Gasteiger partial charge in [-0.05, 0) is 50.2 Å². The van der Waals surface area contributed by atoms with Crippen LogP contribution in [0.1, 0.15) is 23.0 Å². The Balaban J connectivity index is 1.94. The van der Waals surface area contributed by atoms with Crippen molar-refractivity contribution in [2.24, 2.45) is 0 Å². The lowest BCUT2D eigenvalue weighted by molar-refractivity contribution is 0.0526. The van der Waals surface area contributed by atoms with Crippen LogP contribution in [0.4, 0.5) is 0 Å². The van der Waals surface area contributed by atoms with Crippen LogP contribution in [-0.2, 0) is 4.74 Å². The summed E-state index contributed by atoms with van der Waals surface area (Å²) in [6.07, 6.45) is 0. The van der Waals surface area contributed by atoms with E-state index in [4.69, 9.17) is 13.9 Å². The third-order valence-corrected chi connectivity index (χ3v) is 3.58. The first-order valence-corrected chi connectivity index (χ1v) is 7.71. The molecular formula is C19H16O6. The van der Waals surface area contributed by atoms with Crippen molar-refractivity contribution in [3.05, 3.63) is 64.0 Å². The maximum Gasteiger partial charge on any atom is 0.338 e. The van der Waals surface area contributed by atoms with Gasteiger partial charge >= 0.3 is 5.97 Å². The zero-order valence-corrected chi connectivity index (χ0v) is 13.7. The molecule has 0 aliphatic rings. The summed E-state index contributed by atoms with van der Waals surface area (Å²) in [7, 11) is 0. The summed E-state index contributed by atoms with van der Waals surface area (Å²) < 4.78 is 16.1. The van der Waals surface area contributed by atoms with E-state index in [9.17, 15) is 14.7 Å². The number of carbonyl (C=O) groups excluding carboxylic acids is 1. The Bertz CT molecular complexity index is 985. The van der Waals surface area contributed by atoms with Crippen LogP contribution in [0, 0.1) is 6.92 Å². The molecule has 0 bridgehead atoms. The Hall–Kier alpha value is -3.28. The lowest BCUT2D eigenvalue weighted by atomic mass is 10.2. The third kappa shape index (κ3) is 3.33. The van der Waals surface area contributed by atoms with Crippen molar-refractivity contribution in [3.8, 4) is 17.2 Å². The van der Waals surface area contributed by atoms with E-state index in [2.05, 4.69) is 0 Å². The van der Waals surface area contributed by atoms with Gasteiger partial charge in [-0.1, -0.05) is 0 Å². The van der Waals surface area contributed by atoms with Crippen molar-refractivity contribution in [2.75, 3.05) is 6.61 Å². The second kappa shape index (κ2) is 6.68. The number of rotatable bonds is 4. The molecule has 1 heterocycles. The summed E-state index contributed by atoms with van der Waals surface area (Å²) in [6.45, 7) is 3.63. The van der Waals surface area contributed by atoms with Crippen molar-refractivity contribution >= 4 is 16.9 Å². The van der Waals surface area contributed by atoms with Crippen LogP contribution in [-0.4, -0.2) is 17.7 Å². The quantitative estimate of drug-likeness (QED) is 0.728. The first-order valence-electron chi connectivity index (χ1n) is 7.71. The number of phenolic OH excluding ortho intramolecular Hbond substituents is 1. The molecule has 25 heavy (non-hydrogen) atoms. The highest BCUT2D eigenvalue weighted by Gasteiger charge is 2.15. The van der Waals surface area contributed by atoms with Crippen LogP contribution >= 0.6 is 0 Å². The molecule has 3 aromatic rings. The van der Waals surface area contributed by atoms with Gasteiger partial charge in [0.2, 0.25) is 11.2 Å².